The number of carbonyl (C=O) groups is 1. The van der Waals surface area contributed by atoms with Crippen molar-refractivity contribution >= 4 is 5.97 Å². The van der Waals surface area contributed by atoms with Gasteiger partial charge in [0.05, 0.1) is 12.6 Å². The zero-order valence-corrected chi connectivity index (χ0v) is 9.34. The van der Waals surface area contributed by atoms with Gasteiger partial charge in [-0.3, -0.25) is 10.1 Å². The number of carboxylic acids is 1. The second-order valence-electron chi connectivity index (χ2n) is 4.55. The SMILES string of the molecule is CC(C)(NCc1nnnn1C1CC1)C(=O)O. The van der Waals surface area contributed by atoms with Crippen LogP contribution >= 0.6 is 0 Å². The van der Waals surface area contributed by atoms with E-state index in [0.29, 0.717) is 18.4 Å². The third-order valence-corrected chi connectivity index (χ3v) is 2.68. The summed E-state index contributed by atoms with van der Waals surface area (Å²) in [4.78, 5) is 10.9. The zero-order valence-electron chi connectivity index (χ0n) is 9.34. The van der Waals surface area contributed by atoms with Gasteiger partial charge in [0, 0.05) is 0 Å². The molecule has 1 aromatic heterocycles. The van der Waals surface area contributed by atoms with Gasteiger partial charge in [0.25, 0.3) is 0 Å². The van der Waals surface area contributed by atoms with Crippen LogP contribution in [-0.2, 0) is 11.3 Å². The summed E-state index contributed by atoms with van der Waals surface area (Å²) in [6.07, 6.45) is 2.20. The van der Waals surface area contributed by atoms with Gasteiger partial charge in [-0.15, -0.1) is 5.10 Å². The highest BCUT2D eigenvalue weighted by Gasteiger charge is 2.30. The van der Waals surface area contributed by atoms with E-state index in [1.54, 1.807) is 18.5 Å². The Hall–Kier alpha value is -1.50. The lowest BCUT2D eigenvalue weighted by molar-refractivity contribution is -0.143. The highest BCUT2D eigenvalue weighted by atomic mass is 16.4. The number of rotatable bonds is 5. The van der Waals surface area contributed by atoms with Crippen molar-refractivity contribution in [2.75, 3.05) is 0 Å². The first-order valence-corrected chi connectivity index (χ1v) is 5.26. The van der Waals surface area contributed by atoms with Crippen LogP contribution in [0.1, 0.15) is 38.6 Å². The van der Waals surface area contributed by atoms with Crippen LogP contribution in [0.3, 0.4) is 0 Å². The molecule has 1 aliphatic carbocycles. The molecule has 0 radical (unpaired) electrons. The second-order valence-corrected chi connectivity index (χ2v) is 4.55. The van der Waals surface area contributed by atoms with Crippen molar-refractivity contribution in [1.29, 1.82) is 0 Å². The Morgan fingerprint density at radius 1 is 1.62 bits per heavy atom. The molecule has 1 fully saturated rings. The summed E-state index contributed by atoms with van der Waals surface area (Å²) in [5.74, 6) is -0.199. The average molecular weight is 225 g/mol. The fraction of sp³-hybridized carbons (Fsp3) is 0.778. The fourth-order valence-corrected chi connectivity index (χ4v) is 1.31. The lowest BCUT2D eigenvalue weighted by Gasteiger charge is -2.20. The Kier molecular flexibility index (Phi) is 2.63. The largest absolute Gasteiger partial charge is 0.480 e. The summed E-state index contributed by atoms with van der Waals surface area (Å²) >= 11 is 0. The number of tetrazole rings is 1. The van der Waals surface area contributed by atoms with E-state index in [4.69, 9.17) is 5.11 Å². The number of nitrogens with one attached hydrogen (secondary N) is 1. The molecule has 1 aliphatic rings. The fourth-order valence-electron chi connectivity index (χ4n) is 1.31. The van der Waals surface area contributed by atoms with E-state index < -0.39 is 11.5 Å². The maximum Gasteiger partial charge on any atom is 0.323 e. The number of hydrogen-bond acceptors (Lipinski definition) is 5. The molecule has 0 atom stereocenters. The molecule has 0 aromatic carbocycles. The third-order valence-electron chi connectivity index (χ3n) is 2.68. The molecule has 7 heteroatoms. The third kappa shape index (κ3) is 2.19. The molecular formula is C9H15N5O2. The Morgan fingerprint density at radius 2 is 2.31 bits per heavy atom. The number of aromatic nitrogens is 4. The molecule has 0 saturated heterocycles. The summed E-state index contributed by atoms with van der Waals surface area (Å²) in [5.41, 5.74) is -0.972. The Morgan fingerprint density at radius 3 is 2.88 bits per heavy atom. The van der Waals surface area contributed by atoms with Gasteiger partial charge in [0.2, 0.25) is 0 Å². The summed E-state index contributed by atoms with van der Waals surface area (Å²) in [7, 11) is 0. The summed E-state index contributed by atoms with van der Waals surface area (Å²) in [5, 5.41) is 23.2. The second kappa shape index (κ2) is 3.82. The van der Waals surface area contributed by atoms with Gasteiger partial charge in [-0.1, -0.05) is 0 Å². The standard InChI is InChI=1S/C9H15N5O2/c1-9(2,8(15)16)10-5-7-11-12-13-14(7)6-3-4-6/h6,10H,3-5H2,1-2H3,(H,15,16). The molecule has 1 heterocycles. The van der Waals surface area contributed by atoms with E-state index in [2.05, 4.69) is 20.8 Å². The Bertz CT molecular complexity index is 396. The molecule has 88 valence electrons. The predicted molar refractivity (Wildman–Crippen MR) is 54.6 cm³/mol. The molecule has 0 amide bonds. The quantitative estimate of drug-likeness (QED) is 0.730. The number of aliphatic carboxylic acids is 1. The molecule has 0 aliphatic heterocycles. The Balaban J connectivity index is 1.99. The predicted octanol–water partition coefficient (Wildman–Crippen LogP) is -0.0392. The van der Waals surface area contributed by atoms with Crippen LogP contribution in [0.2, 0.25) is 0 Å². The van der Waals surface area contributed by atoms with Gasteiger partial charge < -0.3 is 5.11 Å². The minimum Gasteiger partial charge on any atom is -0.480 e. The molecule has 2 rings (SSSR count). The molecule has 7 nitrogen and oxygen atoms in total. The van der Waals surface area contributed by atoms with Crippen molar-refractivity contribution in [2.45, 2.75) is 44.8 Å². The first-order chi connectivity index (χ1) is 7.50. The first kappa shape index (κ1) is 11.0. The van der Waals surface area contributed by atoms with E-state index >= 15 is 0 Å². The zero-order chi connectivity index (χ0) is 11.8. The van der Waals surface area contributed by atoms with Crippen LogP contribution < -0.4 is 5.32 Å². The van der Waals surface area contributed by atoms with E-state index in [9.17, 15) is 4.79 Å². The average Bonchev–Trinajstić information content (AvgIpc) is 2.95. The van der Waals surface area contributed by atoms with E-state index in [-0.39, 0.29) is 0 Å². The lowest BCUT2D eigenvalue weighted by Crippen LogP contribution is -2.46. The minimum atomic E-state index is -0.972. The normalized spacial score (nSPS) is 16.4. The van der Waals surface area contributed by atoms with Gasteiger partial charge in [0.1, 0.15) is 5.54 Å². The summed E-state index contributed by atoms with van der Waals surface area (Å²) in [6.45, 7) is 3.59. The van der Waals surface area contributed by atoms with Crippen molar-refractivity contribution in [2.24, 2.45) is 0 Å². The number of hydrogen-bond donors (Lipinski definition) is 2. The van der Waals surface area contributed by atoms with Crippen LogP contribution in [0.15, 0.2) is 0 Å². The summed E-state index contributed by atoms with van der Waals surface area (Å²) < 4.78 is 1.77. The molecule has 0 bridgehead atoms. The van der Waals surface area contributed by atoms with E-state index in [0.717, 1.165) is 12.8 Å². The van der Waals surface area contributed by atoms with Crippen LogP contribution in [0.4, 0.5) is 0 Å². The Labute approximate surface area is 92.8 Å². The van der Waals surface area contributed by atoms with Gasteiger partial charge in [-0.05, 0) is 37.1 Å². The molecule has 0 unspecified atom stereocenters. The molecule has 16 heavy (non-hydrogen) atoms. The van der Waals surface area contributed by atoms with Crippen LogP contribution in [0, 0.1) is 0 Å². The minimum absolute atomic E-state index is 0.364. The summed E-state index contributed by atoms with van der Waals surface area (Å²) in [6, 6.07) is 0.403. The van der Waals surface area contributed by atoms with Gasteiger partial charge >= 0.3 is 5.97 Å². The number of carboxylic acid groups (broad SMARTS) is 1. The smallest absolute Gasteiger partial charge is 0.323 e. The highest BCUT2D eigenvalue weighted by molar-refractivity contribution is 5.77. The molecule has 1 saturated carbocycles. The van der Waals surface area contributed by atoms with Crippen molar-refractivity contribution in [3.05, 3.63) is 5.82 Å². The monoisotopic (exact) mass is 225 g/mol. The molecule has 0 spiro atoms. The van der Waals surface area contributed by atoms with Crippen LogP contribution in [-0.4, -0.2) is 36.8 Å². The topological polar surface area (TPSA) is 92.9 Å². The van der Waals surface area contributed by atoms with Crippen LogP contribution in [0.5, 0.6) is 0 Å². The first-order valence-electron chi connectivity index (χ1n) is 5.26. The molecule has 2 N–H and O–H groups in total. The van der Waals surface area contributed by atoms with Crippen molar-refractivity contribution in [3.63, 3.8) is 0 Å². The van der Waals surface area contributed by atoms with Crippen LogP contribution in [0.25, 0.3) is 0 Å². The van der Waals surface area contributed by atoms with Crippen molar-refractivity contribution in [3.8, 4) is 0 Å². The highest BCUT2D eigenvalue weighted by Crippen LogP contribution is 2.34. The maximum absolute atomic E-state index is 10.9. The van der Waals surface area contributed by atoms with Crippen molar-refractivity contribution < 1.29 is 9.90 Å². The van der Waals surface area contributed by atoms with Gasteiger partial charge in [-0.25, -0.2) is 4.68 Å². The van der Waals surface area contributed by atoms with Crippen molar-refractivity contribution in [1.82, 2.24) is 25.5 Å². The lowest BCUT2D eigenvalue weighted by atomic mass is 10.1. The van der Waals surface area contributed by atoms with E-state index in [1.807, 2.05) is 0 Å². The van der Waals surface area contributed by atoms with Gasteiger partial charge in [-0.2, -0.15) is 0 Å². The maximum atomic E-state index is 10.9. The molecular weight excluding hydrogens is 210 g/mol. The van der Waals surface area contributed by atoms with Gasteiger partial charge in [0.15, 0.2) is 5.82 Å². The molecule has 1 aromatic rings. The van der Waals surface area contributed by atoms with E-state index in [1.165, 1.54) is 0 Å². The number of nitrogens with zero attached hydrogens (tertiary/aromatic N) is 4.